The van der Waals surface area contributed by atoms with Crippen LogP contribution < -0.4 is 15.2 Å². The molecule has 0 radical (unpaired) electrons. The number of anilines is 1. The number of halogens is 1. The number of pyridine rings is 1. The number of ether oxygens (including phenoxy) is 2. The van der Waals surface area contributed by atoms with Gasteiger partial charge in [-0.3, -0.25) is 0 Å². The van der Waals surface area contributed by atoms with E-state index in [4.69, 9.17) is 15.2 Å². The zero-order chi connectivity index (χ0) is 14.7. The Balaban J connectivity index is 2.49. The largest absolute Gasteiger partial charge is 0.491 e. The molecule has 0 amide bonds. The standard InChI is InChI=1S/C15H17FN2O2/c1-9(2)20-12-5-10(4-11(17)6-12)13-7-15(19-3)18-8-14(13)16/h4-9H,17H2,1-3H3. The molecule has 0 atom stereocenters. The monoisotopic (exact) mass is 276 g/mol. The van der Waals surface area contributed by atoms with Gasteiger partial charge in [0.15, 0.2) is 0 Å². The topological polar surface area (TPSA) is 57.4 Å². The molecular weight excluding hydrogens is 259 g/mol. The molecule has 0 spiro atoms. The van der Waals surface area contributed by atoms with Crippen LogP contribution in [0.5, 0.6) is 11.6 Å². The van der Waals surface area contributed by atoms with Crippen LogP contribution in [0.2, 0.25) is 0 Å². The number of rotatable bonds is 4. The molecule has 0 aliphatic rings. The minimum Gasteiger partial charge on any atom is -0.491 e. The molecule has 1 aromatic carbocycles. The van der Waals surface area contributed by atoms with Crippen LogP contribution >= 0.6 is 0 Å². The third-order valence-electron chi connectivity index (χ3n) is 2.65. The first-order valence-corrected chi connectivity index (χ1v) is 6.26. The quantitative estimate of drug-likeness (QED) is 0.871. The highest BCUT2D eigenvalue weighted by Crippen LogP contribution is 2.31. The summed E-state index contributed by atoms with van der Waals surface area (Å²) in [5.41, 5.74) is 7.35. The Bertz CT molecular complexity index is 615. The molecule has 0 aliphatic carbocycles. The zero-order valence-electron chi connectivity index (χ0n) is 11.7. The summed E-state index contributed by atoms with van der Waals surface area (Å²) in [6, 6.07) is 6.67. The van der Waals surface area contributed by atoms with E-state index in [0.29, 0.717) is 28.4 Å². The Hall–Kier alpha value is -2.30. The molecule has 4 nitrogen and oxygen atoms in total. The summed E-state index contributed by atoms with van der Waals surface area (Å²) in [5.74, 6) is 0.507. The van der Waals surface area contributed by atoms with Gasteiger partial charge in [0, 0.05) is 23.4 Å². The number of aromatic nitrogens is 1. The molecule has 0 saturated carbocycles. The first kappa shape index (κ1) is 14.1. The lowest BCUT2D eigenvalue weighted by atomic mass is 10.1. The summed E-state index contributed by atoms with van der Waals surface area (Å²) in [4.78, 5) is 3.82. The van der Waals surface area contributed by atoms with Crippen LogP contribution in [0.25, 0.3) is 11.1 Å². The van der Waals surface area contributed by atoms with Crippen molar-refractivity contribution < 1.29 is 13.9 Å². The molecule has 0 aliphatic heterocycles. The van der Waals surface area contributed by atoms with Crippen molar-refractivity contribution in [1.82, 2.24) is 4.98 Å². The Labute approximate surface area is 117 Å². The maximum atomic E-state index is 13.9. The molecule has 1 aromatic heterocycles. The maximum absolute atomic E-state index is 13.9. The minimum atomic E-state index is -0.438. The fraction of sp³-hybridized carbons (Fsp3) is 0.267. The van der Waals surface area contributed by atoms with Crippen LogP contribution in [-0.4, -0.2) is 18.2 Å². The van der Waals surface area contributed by atoms with Gasteiger partial charge in [0.25, 0.3) is 0 Å². The highest BCUT2D eigenvalue weighted by atomic mass is 19.1. The molecule has 0 bridgehead atoms. The van der Waals surface area contributed by atoms with Gasteiger partial charge in [0.05, 0.1) is 19.4 Å². The lowest BCUT2D eigenvalue weighted by Crippen LogP contribution is -2.06. The van der Waals surface area contributed by atoms with E-state index < -0.39 is 5.82 Å². The van der Waals surface area contributed by atoms with Gasteiger partial charge in [0.2, 0.25) is 5.88 Å². The molecule has 1 heterocycles. The van der Waals surface area contributed by atoms with E-state index in [-0.39, 0.29) is 6.10 Å². The van der Waals surface area contributed by atoms with Crippen molar-refractivity contribution in [2.75, 3.05) is 12.8 Å². The second kappa shape index (κ2) is 5.77. The van der Waals surface area contributed by atoms with Crippen LogP contribution in [0.15, 0.2) is 30.5 Å². The first-order valence-electron chi connectivity index (χ1n) is 6.26. The van der Waals surface area contributed by atoms with Gasteiger partial charge in [-0.25, -0.2) is 9.37 Å². The average molecular weight is 276 g/mol. The van der Waals surface area contributed by atoms with Crippen LogP contribution in [0, 0.1) is 5.82 Å². The molecule has 0 fully saturated rings. The van der Waals surface area contributed by atoms with Crippen LogP contribution in [0.4, 0.5) is 10.1 Å². The number of benzene rings is 1. The van der Waals surface area contributed by atoms with E-state index in [1.54, 1.807) is 18.2 Å². The van der Waals surface area contributed by atoms with E-state index in [9.17, 15) is 4.39 Å². The fourth-order valence-electron chi connectivity index (χ4n) is 1.87. The molecule has 20 heavy (non-hydrogen) atoms. The second-order valence-electron chi connectivity index (χ2n) is 4.66. The Morgan fingerprint density at radius 3 is 2.60 bits per heavy atom. The van der Waals surface area contributed by atoms with E-state index in [1.807, 2.05) is 13.8 Å². The summed E-state index contributed by atoms with van der Waals surface area (Å²) < 4.78 is 24.5. The average Bonchev–Trinajstić information content (AvgIpc) is 2.37. The van der Waals surface area contributed by atoms with Crippen LogP contribution in [-0.2, 0) is 0 Å². The van der Waals surface area contributed by atoms with Crippen molar-refractivity contribution in [3.63, 3.8) is 0 Å². The first-order chi connectivity index (χ1) is 9.49. The fourth-order valence-corrected chi connectivity index (χ4v) is 1.87. The van der Waals surface area contributed by atoms with Crippen molar-refractivity contribution in [2.24, 2.45) is 0 Å². The molecular formula is C15H17FN2O2. The predicted molar refractivity (Wildman–Crippen MR) is 76.4 cm³/mol. The highest BCUT2D eigenvalue weighted by Gasteiger charge is 2.10. The molecule has 2 aromatic rings. The summed E-state index contributed by atoms with van der Waals surface area (Å²) in [6.45, 7) is 3.83. The van der Waals surface area contributed by atoms with Crippen LogP contribution in [0.1, 0.15) is 13.8 Å². The third kappa shape index (κ3) is 3.17. The number of nitrogens with two attached hydrogens (primary N) is 1. The van der Waals surface area contributed by atoms with Gasteiger partial charge < -0.3 is 15.2 Å². The van der Waals surface area contributed by atoms with Crippen molar-refractivity contribution >= 4 is 5.69 Å². The summed E-state index contributed by atoms with van der Waals surface area (Å²) in [6.07, 6.45) is 1.14. The van der Waals surface area contributed by atoms with Crippen molar-refractivity contribution in [3.05, 3.63) is 36.3 Å². The Morgan fingerprint density at radius 2 is 1.95 bits per heavy atom. The molecule has 0 saturated heterocycles. The third-order valence-corrected chi connectivity index (χ3v) is 2.65. The summed E-state index contributed by atoms with van der Waals surface area (Å²) >= 11 is 0. The number of nitrogens with zero attached hydrogens (tertiary/aromatic N) is 1. The Morgan fingerprint density at radius 1 is 1.20 bits per heavy atom. The van der Waals surface area contributed by atoms with Gasteiger partial charge >= 0.3 is 0 Å². The number of hydrogen-bond acceptors (Lipinski definition) is 4. The van der Waals surface area contributed by atoms with E-state index in [1.165, 1.54) is 13.2 Å². The molecule has 2 N–H and O–H groups in total. The van der Waals surface area contributed by atoms with Gasteiger partial charge in [-0.1, -0.05) is 0 Å². The lowest BCUT2D eigenvalue weighted by Gasteiger charge is -2.13. The smallest absolute Gasteiger partial charge is 0.213 e. The normalized spacial score (nSPS) is 10.7. The highest BCUT2D eigenvalue weighted by molar-refractivity contribution is 5.70. The summed E-state index contributed by atoms with van der Waals surface area (Å²) in [5, 5.41) is 0. The Kier molecular flexibility index (Phi) is 4.08. The predicted octanol–water partition coefficient (Wildman–Crippen LogP) is 3.27. The van der Waals surface area contributed by atoms with E-state index in [0.717, 1.165) is 6.20 Å². The van der Waals surface area contributed by atoms with Gasteiger partial charge in [-0.15, -0.1) is 0 Å². The van der Waals surface area contributed by atoms with E-state index >= 15 is 0 Å². The second-order valence-corrected chi connectivity index (χ2v) is 4.66. The van der Waals surface area contributed by atoms with Gasteiger partial charge in [-0.05, 0) is 31.5 Å². The van der Waals surface area contributed by atoms with Gasteiger partial charge in [0.1, 0.15) is 11.6 Å². The number of methoxy groups -OCH3 is 1. The molecule has 2 rings (SSSR count). The van der Waals surface area contributed by atoms with Crippen molar-refractivity contribution in [1.29, 1.82) is 0 Å². The van der Waals surface area contributed by atoms with Gasteiger partial charge in [-0.2, -0.15) is 0 Å². The number of hydrogen-bond donors (Lipinski definition) is 1. The molecule has 0 unspecified atom stereocenters. The van der Waals surface area contributed by atoms with Crippen LogP contribution in [0.3, 0.4) is 0 Å². The molecule has 5 heteroatoms. The molecule has 106 valence electrons. The lowest BCUT2D eigenvalue weighted by molar-refractivity contribution is 0.242. The van der Waals surface area contributed by atoms with Crippen molar-refractivity contribution in [3.8, 4) is 22.8 Å². The zero-order valence-corrected chi connectivity index (χ0v) is 11.7. The number of nitrogen functional groups attached to an aromatic ring is 1. The van der Waals surface area contributed by atoms with Crippen molar-refractivity contribution in [2.45, 2.75) is 20.0 Å². The van der Waals surface area contributed by atoms with E-state index in [2.05, 4.69) is 4.98 Å². The maximum Gasteiger partial charge on any atom is 0.213 e. The minimum absolute atomic E-state index is 0.0153. The summed E-state index contributed by atoms with van der Waals surface area (Å²) in [7, 11) is 1.48. The SMILES string of the molecule is COc1cc(-c2cc(N)cc(OC(C)C)c2)c(F)cn1.